The summed E-state index contributed by atoms with van der Waals surface area (Å²) in [5.41, 5.74) is 2.08. The number of carbonyl (C=O) groups excluding carboxylic acids is 1. The average molecular weight is 337 g/mol. The highest BCUT2D eigenvalue weighted by Crippen LogP contribution is 2.28. The van der Waals surface area contributed by atoms with Gasteiger partial charge < -0.3 is 14.5 Å². The van der Waals surface area contributed by atoms with Gasteiger partial charge in [0.15, 0.2) is 0 Å². The molecule has 0 saturated heterocycles. The van der Waals surface area contributed by atoms with Crippen molar-refractivity contribution in [3.05, 3.63) is 42.5 Å². The first-order valence-electron chi connectivity index (χ1n) is 8.72. The minimum absolute atomic E-state index is 0.634. The lowest BCUT2D eigenvalue weighted by atomic mass is 10.1. The number of rotatable bonds is 9. The number of pyridine rings is 1. The molecule has 0 fully saturated rings. The summed E-state index contributed by atoms with van der Waals surface area (Å²) in [6.07, 6.45) is 10.5. The Balaban J connectivity index is 1.67. The van der Waals surface area contributed by atoms with E-state index in [1.807, 2.05) is 12.3 Å². The largest absolute Gasteiger partial charge is 0.481 e. The van der Waals surface area contributed by atoms with Crippen molar-refractivity contribution in [2.75, 3.05) is 7.11 Å². The molecule has 5 heteroatoms. The maximum Gasteiger partial charge on any atom is 0.221 e. The summed E-state index contributed by atoms with van der Waals surface area (Å²) in [4.78, 5) is 22.5. The van der Waals surface area contributed by atoms with Crippen LogP contribution in [-0.4, -0.2) is 28.3 Å². The van der Waals surface area contributed by atoms with Gasteiger partial charge in [-0.2, -0.15) is 0 Å². The van der Waals surface area contributed by atoms with Gasteiger partial charge in [0.1, 0.15) is 12.1 Å². The second-order valence-electron chi connectivity index (χ2n) is 6.12. The summed E-state index contributed by atoms with van der Waals surface area (Å²) >= 11 is 0. The van der Waals surface area contributed by atoms with Gasteiger partial charge >= 0.3 is 0 Å². The van der Waals surface area contributed by atoms with Crippen molar-refractivity contribution in [3.8, 4) is 17.1 Å². The second-order valence-corrected chi connectivity index (χ2v) is 6.12. The van der Waals surface area contributed by atoms with Crippen LogP contribution in [0.4, 0.5) is 0 Å². The molecular formula is C20H23N3O2. The van der Waals surface area contributed by atoms with E-state index in [1.165, 1.54) is 0 Å². The topological polar surface area (TPSA) is 67.9 Å². The Morgan fingerprint density at radius 3 is 2.84 bits per heavy atom. The monoisotopic (exact) mass is 337 g/mol. The third-order valence-electron chi connectivity index (χ3n) is 4.35. The van der Waals surface area contributed by atoms with E-state index in [0.29, 0.717) is 12.3 Å². The number of nitrogens with one attached hydrogen (secondary N) is 1. The lowest BCUT2D eigenvalue weighted by Gasteiger charge is -2.06. The van der Waals surface area contributed by atoms with Crippen LogP contribution < -0.4 is 4.74 Å². The molecule has 5 nitrogen and oxygen atoms in total. The van der Waals surface area contributed by atoms with Crippen molar-refractivity contribution >= 4 is 17.1 Å². The maximum atomic E-state index is 10.3. The van der Waals surface area contributed by atoms with Crippen LogP contribution in [0.2, 0.25) is 0 Å². The molecule has 1 aromatic carbocycles. The SMILES string of the molecule is COc1nccc2ccc(-c3cnc(CCCCCCC=O)[nH]3)cc12. The highest BCUT2D eigenvalue weighted by molar-refractivity contribution is 5.90. The molecule has 25 heavy (non-hydrogen) atoms. The van der Waals surface area contributed by atoms with Crippen LogP contribution in [0.15, 0.2) is 36.7 Å². The number of nitrogens with zero attached hydrogens (tertiary/aromatic N) is 2. The Labute approximate surface area is 147 Å². The molecule has 0 unspecified atom stereocenters. The van der Waals surface area contributed by atoms with Crippen molar-refractivity contribution in [1.29, 1.82) is 0 Å². The van der Waals surface area contributed by atoms with Gasteiger partial charge in [-0.3, -0.25) is 0 Å². The smallest absolute Gasteiger partial charge is 0.221 e. The summed E-state index contributed by atoms with van der Waals surface area (Å²) in [7, 11) is 1.64. The molecule has 130 valence electrons. The molecule has 0 aliphatic carbocycles. The number of methoxy groups -OCH3 is 1. The van der Waals surface area contributed by atoms with Gasteiger partial charge in [-0.05, 0) is 30.4 Å². The first kappa shape index (κ1) is 17.1. The fraction of sp³-hybridized carbons (Fsp3) is 0.350. The number of aromatic nitrogens is 3. The number of fused-ring (bicyclic) bond motifs is 1. The van der Waals surface area contributed by atoms with Crippen LogP contribution >= 0.6 is 0 Å². The third kappa shape index (κ3) is 4.24. The normalized spacial score (nSPS) is 10.9. The van der Waals surface area contributed by atoms with E-state index >= 15 is 0 Å². The van der Waals surface area contributed by atoms with Crippen LogP contribution in [0.25, 0.3) is 22.0 Å². The predicted octanol–water partition coefficient (Wildman–Crippen LogP) is 4.33. The van der Waals surface area contributed by atoms with Crippen molar-refractivity contribution in [3.63, 3.8) is 0 Å². The zero-order valence-corrected chi connectivity index (χ0v) is 14.5. The molecule has 0 spiro atoms. The van der Waals surface area contributed by atoms with Gasteiger partial charge in [-0.25, -0.2) is 9.97 Å². The van der Waals surface area contributed by atoms with E-state index in [4.69, 9.17) is 4.74 Å². The molecule has 0 aliphatic rings. The molecule has 0 aliphatic heterocycles. The summed E-state index contributed by atoms with van der Waals surface area (Å²) in [5, 5.41) is 2.10. The third-order valence-corrected chi connectivity index (χ3v) is 4.35. The number of aromatic amines is 1. The first-order chi connectivity index (χ1) is 12.3. The highest BCUT2D eigenvalue weighted by Gasteiger charge is 2.07. The number of aryl methyl sites for hydroxylation is 1. The van der Waals surface area contributed by atoms with E-state index in [0.717, 1.165) is 66.2 Å². The van der Waals surface area contributed by atoms with E-state index in [9.17, 15) is 4.79 Å². The predicted molar refractivity (Wildman–Crippen MR) is 98.7 cm³/mol. The van der Waals surface area contributed by atoms with Crippen molar-refractivity contribution in [2.24, 2.45) is 0 Å². The summed E-state index contributed by atoms with van der Waals surface area (Å²) in [5.74, 6) is 1.64. The summed E-state index contributed by atoms with van der Waals surface area (Å²) in [6, 6.07) is 8.21. The summed E-state index contributed by atoms with van der Waals surface area (Å²) < 4.78 is 5.36. The number of hydrogen-bond acceptors (Lipinski definition) is 4. The van der Waals surface area contributed by atoms with Crippen LogP contribution in [0, 0.1) is 0 Å². The molecule has 1 N–H and O–H groups in total. The zero-order valence-electron chi connectivity index (χ0n) is 14.5. The highest BCUT2D eigenvalue weighted by atomic mass is 16.5. The zero-order chi connectivity index (χ0) is 17.5. The first-order valence-corrected chi connectivity index (χ1v) is 8.72. The summed E-state index contributed by atoms with van der Waals surface area (Å²) in [6.45, 7) is 0. The van der Waals surface area contributed by atoms with Gasteiger partial charge in [0, 0.05) is 30.0 Å². The molecule has 3 rings (SSSR count). The molecule has 0 bridgehead atoms. The van der Waals surface area contributed by atoms with Gasteiger partial charge in [0.05, 0.1) is 19.0 Å². The van der Waals surface area contributed by atoms with Gasteiger partial charge in [0.2, 0.25) is 5.88 Å². The van der Waals surface area contributed by atoms with Crippen molar-refractivity contribution in [2.45, 2.75) is 38.5 Å². The fourth-order valence-corrected chi connectivity index (χ4v) is 2.98. The van der Waals surface area contributed by atoms with Crippen LogP contribution in [0.3, 0.4) is 0 Å². The number of imidazole rings is 1. The second kappa shape index (κ2) is 8.42. The molecular weight excluding hydrogens is 314 g/mol. The molecule has 0 amide bonds. The standard InChI is InChI=1S/C20H23N3O2/c1-25-20-17-13-16(9-8-15(17)10-11-21-20)18-14-22-19(23-18)7-5-3-2-4-6-12-24/h8-14H,2-7H2,1H3,(H,22,23). The Morgan fingerprint density at radius 1 is 1.12 bits per heavy atom. The Morgan fingerprint density at radius 2 is 2.00 bits per heavy atom. The molecule has 0 saturated carbocycles. The molecule has 3 aromatic rings. The molecule has 0 atom stereocenters. The lowest BCUT2D eigenvalue weighted by Crippen LogP contribution is -1.90. The van der Waals surface area contributed by atoms with Gasteiger partial charge in [-0.15, -0.1) is 0 Å². The van der Waals surface area contributed by atoms with Gasteiger partial charge in [-0.1, -0.05) is 25.0 Å². The number of hydrogen-bond donors (Lipinski definition) is 1. The number of ether oxygens (including phenoxy) is 1. The molecule has 0 radical (unpaired) electrons. The number of aldehydes is 1. The van der Waals surface area contributed by atoms with Crippen LogP contribution in [-0.2, 0) is 11.2 Å². The minimum Gasteiger partial charge on any atom is -0.481 e. The van der Waals surface area contributed by atoms with E-state index in [-0.39, 0.29) is 0 Å². The van der Waals surface area contributed by atoms with Crippen LogP contribution in [0.5, 0.6) is 5.88 Å². The molecule has 2 heterocycles. The number of unbranched alkanes of at least 4 members (excludes halogenated alkanes) is 4. The maximum absolute atomic E-state index is 10.3. The van der Waals surface area contributed by atoms with E-state index in [1.54, 1.807) is 13.3 Å². The van der Waals surface area contributed by atoms with Crippen LogP contribution in [0.1, 0.15) is 37.9 Å². The number of benzene rings is 1. The Kier molecular flexibility index (Phi) is 5.77. The minimum atomic E-state index is 0.634. The average Bonchev–Trinajstić information content (AvgIpc) is 3.12. The Bertz CT molecular complexity index is 842. The fourth-order valence-electron chi connectivity index (χ4n) is 2.98. The Hall–Kier alpha value is -2.69. The lowest BCUT2D eigenvalue weighted by molar-refractivity contribution is -0.107. The van der Waals surface area contributed by atoms with Gasteiger partial charge in [0.25, 0.3) is 0 Å². The number of carbonyl (C=O) groups is 1. The number of H-pyrrole nitrogens is 1. The van der Waals surface area contributed by atoms with E-state index in [2.05, 4.69) is 33.2 Å². The van der Waals surface area contributed by atoms with Crippen molar-refractivity contribution in [1.82, 2.24) is 15.0 Å². The van der Waals surface area contributed by atoms with E-state index < -0.39 is 0 Å². The van der Waals surface area contributed by atoms with Crippen molar-refractivity contribution < 1.29 is 9.53 Å². The molecule has 2 aromatic heterocycles. The quantitative estimate of drug-likeness (QED) is 0.466.